The third kappa shape index (κ3) is 1.27. The van der Waals surface area contributed by atoms with Gasteiger partial charge in [0.1, 0.15) is 5.75 Å². The molecule has 0 heterocycles. The third-order valence-electron chi connectivity index (χ3n) is 2.77. The van der Waals surface area contributed by atoms with Crippen molar-refractivity contribution in [2.75, 3.05) is 0 Å². The fourth-order valence-corrected chi connectivity index (χ4v) is 1.73. The zero-order valence-corrected chi connectivity index (χ0v) is 9.63. The normalized spacial score (nSPS) is 19.1. The lowest BCUT2D eigenvalue weighted by Gasteiger charge is -2.09. The summed E-state index contributed by atoms with van der Waals surface area (Å²) in [4.78, 5) is 0. The molecule has 0 saturated heterocycles. The number of rotatable bonds is 2. The summed E-state index contributed by atoms with van der Waals surface area (Å²) < 4.78 is 5.32. The molecular formula is C10H14OSi. The van der Waals surface area contributed by atoms with Crippen LogP contribution in [0.4, 0.5) is 0 Å². The van der Waals surface area contributed by atoms with Crippen molar-refractivity contribution in [3.05, 3.63) is 29.8 Å². The Morgan fingerprint density at radius 2 is 2.17 bits per heavy atom. The summed E-state index contributed by atoms with van der Waals surface area (Å²) in [6.45, 7) is 2.32. The second kappa shape index (κ2) is 2.63. The summed E-state index contributed by atoms with van der Waals surface area (Å²) in [6.07, 6.45) is 2.66. The molecule has 2 rings (SSSR count). The molecule has 0 aliphatic heterocycles. The quantitative estimate of drug-likeness (QED) is 0.622. The van der Waals surface area contributed by atoms with Crippen LogP contribution in [0.2, 0.25) is 0 Å². The second-order valence-electron chi connectivity index (χ2n) is 3.79. The highest BCUT2D eigenvalue weighted by molar-refractivity contribution is 5.99. The summed E-state index contributed by atoms with van der Waals surface area (Å²) in [5.41, 5.74) is 1.91. The Morgan fingerprint density at radius 3 is 2.75 bits per heavy atom. The minimum Gasteiger partial charge on any atom is -0.553 e. The highest BCUT2D eigenvalue weighted by Gasteiger charge is 2.38. The van der Waals surface area contributed by atoms with E-state index in [1.165, 1.54) is 18.4 Å². The van der Waals surface area contributed by atoms with Gasteiger partial charge in [-0.3, -0.25) is 0 Å². The van der Waals surface area contributed by atoms with Crippen molar-refractivity contribution in [1.29, 1.82) is 0 Å². The standard InChI is InChI=1S/C10H14OSi/c1-10(5-6-10)8-3-2-4-9(7-8)11-12/h2-4,7H,5-6H2,1,12H3. The topological polar surface area (TPSA) is 9.23 Å². The molecule has 1 saturated carbocycles. The van der Waals surface area contributed by atoms with Crippen LogP contribution in [0.5, 0.6) is 5.75 Å². The van der Waals surface area contributed by atoms with E-state index >= 15 is 0 Å². The number of hydrogen-bond donors (Lipinski definition) is 0. The van der Waals surface area contributed by atoms with Crippen LogP contribution in [0.3, 0.4) is 0 Å². The van der Waals surface area contributed by atoms with Crippen LogP contribution in [0.15, 0.2) is 24.3 Å². The van der Waals surface area contributed by atoms with Gasteiger partial charge in [0, 0.05) is 0 Å². The Kier molecular flexibility index (Phi) is 1.72. The second-order valence-corrected chi connectivity index (χ2v) is 4.20. The van der Waals surface area contributed by atoms with Crippen LogP contribution >= 0.6 is 0 Å². The van der Waals surface area contributed by atoms with Crippen molar-refractivity contribution in [3.8, 4) is 5.75 Å². The predicted molar refractivity (Wildman–Crippen MR) is 53.6 cm³/mol. The fraction of sp³-hybridized carbons (Fsp3) is 0.400. The van der Waals surface area contributed by atoms with E-state index in [9.17, 15) is 0 Å². The van der Waals surface area contributed by atoms with Gasteiger partial charge in [0.15, 0.2) is 0 Å². The maximum atomic E-state index is 5.32. The first-order valence-electron chi connectivity index (χ1n) is 4.39. The molecule has 64 valence electrons. The molecule has 0 amide bonds. The van der Waals surface area contributed by atoms with Gasteiger partial charge in [0.2, 0.25) is 10.5 Å². The van der Waals surface area contributed by atoms with Gasteiger partial charge in [0.05, 0.1) is 0 Å². The molecule has 1 aromatic carbocycles. The molecule has 1 aliphatic rings. The van der Waals surface area contributed by atoms with E-state index in [0.29, 0.717) is 5.41 Å². The first kappa shape index (κ1) is 7.86. The van der Waals surface area contributed by atoms with E-state index in [4.69, 9.17) is 4.43 Å². The van der Waals surface area contributed by atoms with Crippen LogP contribution in [-0.2, 0) is 5.41 Å². The van der Waals surface area contributed by atoms with Crippen molar-refractivity contribution < 1.29 is 4.43 Å². The van der Waals surface area contributed by atoms with Gasteiger partial charge in [-0.15, -0.1) is 0 Å². The zero-order chi connectivity index (χ0) is 8.60. The SMILES string of the molecule is CC1(c2cccc(O[SiH3])c2)CC1. The average molecular weight is 178 g/mol. The molecule has 0 atom stereocenters. The van der Waals surface area contributed by atoms with Crippen molar-refractivity contribution in [3.63, 3.8) is 0 Å². The number of hydrogen-bond acceptors (Lipinski definition) is 1. The van der Waals surface area contributed by atoms with Gasteiger partial charge >= 0.3 is 0 Å². The van der Waals surface area contributed by atoms with Gasteiger partial charge < -0.3 is 4.43 Å². The minimum atomic E-state index is 0.468. The van der Waals surface area contributed by atoms with Crippen LogP contribution in [0, 0.1) is 0 Å². The molecule has 0 radical (unpaired) electrons. The first-order chi connectivity index (χ1) is 5.74. The maximum absolute atomic E-state index is 5.32. The zero-order valence-electron chi connectivity index (χ0n) is 7.63. The monoisotopic (exact) mass is 178 g/mol. The van der Waals surface area contributed by atoms with E-state index in [-0.39, 0.29) is 0 Å². The number of benzene rings is 1. The Labute approximate surface area is 76.3 Å². The van der Waals surface area contributed by atoms with Crippen LogP contribution in [0.1, 0.15) is 25.3 Å². The lowest BCUT2D eigenvalue weighted by molar-refractivity contribution is 0.612. The molecule has 0 unspecified atom stereocenters. The average Bonchev–Trinajstić information content (AvgIpc) is 2.85. The van der Waals surface area contributed by atoms with Crippen LogP contribution in [0.25, 0.3) is 0 Å². The van der Waals surface area contributed by atoms with Gasteiger partial charge in [0.25, 0.3) is 0 Å². The lowest BCUT2D eigenvalue weighted by atomic mass is 9.98. The molecule has 0 N–H and O–H groups in total. The highest BCUT2D eigenvalue weighted by atomic mass is 28.2. The molecule has 0 aromatic heterocycles. The molecule has 0 bridgehead atoms. The molecule has 1 fully saturated rings. The fourth-order valence-electron chi connectivity index (χ4n) is 1.47. The summed E-state index contributed by atoms with van der Waals surface area (Å²) in [5.74, 6) is 1.03. The Bertz CT molecular complexity index is 292. The van der Waals surface area contributed by atoms with Gasteiger partial charge in [-0.1, -0.05) is 19.1 Å². The predicted octanol–water partition coefficient (Wildman–Crippen LogP) is 1.40. The third-order valence-corrected chi connectivity index (χ3v) is 3.24. The van der Waals surface area contributed by atoms with E-state index in [1.54, 1.807) is 0 Å². The smallest absolute Gasteiger partial charge is 0.204 e. The van der Waals surface area contributed by atoms with E-state index in [1.807, 2.05) is 6.07 Å². The van der Waals surface area contributed by atoms with E-state index in [2.05, 4.69) is 25.1 Å². The molecule has 0 spiro atoms. The van der Waals surface area contributed by atoms with Crippen molar-refractivity contribution >= 4 is 10.5 Å². The van der Waals surface area contributed by atoms with Gasteiger partial charge in [-0.2, -0.15) is 0 Å². The first-order valence-corrected chi connectivity index (χ1v) is 5.21. The van der Waals surface area contributed by atoms with Gasteiger partial charge in [-0.05, 0) is 36.0 Å². The Hall–Kier alpha value is -0.763. The summed E-state index contributed by atoms with van der Waals surface area (Å²) in [7, 11) is 0.782. The van der Waals surface area contributed by atoms with E-state index < -0.39 is 0 Å². The van der Waals surface area contributed by atoms with Crippen molar-refractivity contribution in [2.45, 2.75) is 25.2 Å². The molecule has 1 nitrogen and oxygen atoms in total. The summed E-state index contributed by atoms with van der Waals surface area (Å²) in [5, 5.41) is 0. The van der Waals surface area contributed by atoms with E-state index in [0.717, 1.165) is 16.2 Å². The van der Waals surface area contributed by atoms with Crippen molar-refractivity contribution in [2.24, 2.45) is 0 Å². The maximum Gasteiger partial charge on any atom is 0.204 e. The summed E-state index contributed by atoms with van der Waals surface area (Å²) >= 11 is 0. The van der Waals surface area contributed by atoms with Gasteiger partial charge in [-0.25, -0.2) is 0 Å². The largest absolute Gasteiger partial charge is 0.553 e. The molecular weight excluding hydrogens is 164 g/mol. The van der Waals surface area contributed by atoms with Crippen molar-refractivity contribution in [1.82, 2.24) is 0 Å². The molecule has 1 aliphatic carbocycles. The highest BCUT2D eigenvalue weighted by Crippen LogP contribution is 2.48. The summed E-state index contributed by atoms with van der Waals surface area (Å²) in [6, 6.07) is 8.51. The Balaban J connectivity index is 2.32. The minimum absolute atomic E-state index is 0.468. The molecule has 12 heavy (non-hydrogen) atoms. The lowest BCUT2D eigenvalue weighted by Crippen LogP contribution is -1.99. The Morgan fingerprint density at radius 1 is 1.42 bits per heavy atom. The van der Waals surface area contributed by atoms with Crippen LogP contribution in [-0.4, -0.2) is 10.5 Å². The molecule has 2 heteroatoms. The molecule has 1 aromatic rings. The van der Waals surface area contributed by atoms with Crippen LogP contribution < -0.4 is 4.43 Å².